The molecule has 2 fully saturated rings. The van der Waals surface area contributed by atoms with Crippen molar-refractivity contribution in [1.82, 2.24) is 14.7 Å². The molecule has 1 spiro atoms. The molecule has 4 heterocycles. The molecule has 0 radical (unpaired) electrons. The van der Waals surface area contributed by atoms with E-state index in [1.165, 1.54) is 4.90 Å². The minimum Gasteiger partial charge on any atom is -0.394 e. The zero-order valence-corrected chi connectivity index (χ0v) is 18.6. The number of aliphatic hydroxyl groups excluding tert-OH is 1. The molecule has 0 saturated carbocycles. The molecule has 4 aliphatic rings. The molecule has 0 bridgehead atoms. The average Bonchev–Trinajstić information content (AvgIpc) is 3.09. The quantitative estimate of drug-likeness (QED) is 0.621. The summed E-state index contributed by atoms with van der Waals surface area (Å²) in [5.41, 5.74) is -1.20. The van der Waals surface area contributed by atoms with Crippen LogP contribution in [0.1, 0.15) is 33.1 Å². The van der Waals surface area contributed by atoms with Crippen molar-refractivity contribution in [3.05, 3.63) is 24.3 Å². The van der Waals surface area contributed by atoms with Gasteiger partial charge in [0.1, 0.15) is 11.6 Å². The first-order chi connectivity index (χ1) is 14.9. The molecule has 4 aliphatic heterocycles. The van der Waals surface area contributed by atoms with Crippen molar-refractivity contribution >= 4 is 17.7 Å². The van der Waals surface area contributed by atoms with Crippen LogP contribution in [0.2, 0.25) is 0 Å². The third kappa shape index (κ3) is 3.22. The lowest BCUT2D eigenvalue weighted by Gasteiger charge is -2.38. The number of hydrogen-bond acceptors (Lipinski definition) is 5. The Morgan fingerprint density at radius 1 is 1.16 bits per heavy atom. The SMILES string of the molecule is CCCCN1CC=C[C@]23O[C@@H]4C=CCN(C)C(=O)[C@@H]4[C@H]2C(=O)N([C@@H](CC)CO)C3C1=O. The van der Waals surface area contributed by atoms with E-state index in [0.29, 0.717) is 26.1 Å². The lowest BCUT2D eigenvalue weighted by Crippen LogP contribution is -2.58. The molecule has 0 aromatic rings. The lowest BCUT2D eigenvalue weighted by molar-refractivity contribution is -0.151. The molecule has 170 valence electrons. The van der Waals surface area contributed by atoms with E-state index in [9.17, 15) is 19.5 Å². The summed E-state index contributed by atoms with van der Waals surface area (Å²) < 4.78 is 6.51. The molecule has 31 heavy (non-hydrogen) atoms. The second-order valence-corrected chi connectivity index (χ2v) is 9.02. The van der Waals surface area contributed by atoms with Gasteiger partial charge >= 0.3 is 0 Å². The summed E-state index contributed by atoms with van der Waals surface area (Å²) in [6.45, 7) is 5.23. The Balaban J connectivity index is 1.83. The Kier molecular flexibility index (Phi) is 5.96. The van der Waals surface area contributed by atoms with Gasteiger partial charge in [-0.05, 0) is 12.8 Å². The number of fused-ring (bicyclic) bond motifs is 2. The number of amides is 3. The van der Waals surface area contributed by atoms with Crippen LogP contribution in [0, 0.1) is 11.8 Å². The molecule has 0 aromatic carbocycles. The predicted octanol–water partition coefficient (Wildman–Crippen LogP) is 0.565. The highest BCUT2D eigenvalue weighted by Crippen LogP contribution is 2.54. The monoisotopic (exact) mass is 431 g/mol. The van der Waals surface area contributed by atoms with Crippen molar-refractivity contribution in [3.63, 3.8) is 0 Å². The van der Waals surface area contributed by atoms with Crippen LogP contribution in [0.5, 0.6) is 0 Å². The van der Waals surface area contributed by atoms with Crippen LogP contribution in [0.25, 0.3) is 0 Å². The van der Waals surface area contributed by atoms with Crippen LogP contribution in [-0.2, 0) is 19.1 Å². The topological polar surface area (TPSA) is 90.4 Å². The van der Waals surface area contributed by atoms with Crippen molar-refractivity contribution < 1.29 is 24.2 Å². The van der Waals surface area contributed by atoms with Gasteiger partial charge in [0, 0.05) is 26.7 Å². The summed E-state index contributed by atoms with van der Waals surface area (Å²) in [5.74, 6) is -2.05. The van der Waals surface area contributed by atoms with Gasteiger partial charge in [-0.2, -0.15) is 0 Å². The van der Waals surface area contributed by atoms with Gasteiger partial charge < -0.3 is 24.5 Å². The van der Waals surface area contributed by atoms with E-state index in [1.54, 1.807) is 16.8 Å². The Labute approximate surface area is 183 Å². The molecule has 6 atom stereocenters. The Hall–Kier alpha value is -2.19. The molecule has 1 unspecified atom stereocenters. The summed E-state index contributed by atoms with van der Waals surface area (Å²) in [4.78, 5) is 45.8. The van der Waals surface area contributed by atoms with Crippen molar-refractivity contribution in [2.24, 2.45) is 11.8 Å². The van der Waals surface area contributed by atoms with Crippen LogP contribution in [0.4, 0.5) is 0 Å². The van der Waals surface area contributed by atoms with E-state index in [-0.39, 0.29) is 24.3 Å². The molecule has 8 nitrogen and oxygen atoms in total. The van der Waals surface area contributed by atoms with Crippen molar-refractivity contribution in [3.8, 4) is 0 Å². The highest BCUT2D eigenvalue weighted by molar-refractivity contribution is 6.00. The van der Waals surface area contributed by atoms with Gasteiger partial charge in [0.15, 0.2) is 0 Å². The summed E-state index contributed by atoms with van der Waals surface area (Å²) in [6, 6.07) is -1.38. The molecule has 0 aromatic heterocycles. The maximum absolute atomic E-state index is 13.8. The number of rotatable bonds is 6. The minimum absolute atomic E-state index is 0.143. The molecule has 3 amide bonds. The zero-order valence-electron chi connectivity index (χ0n) is 18.6. The fraction of sp³-hybridized carbons (Fsp3) is 0.696. The van der Waals surface area contributed by atoms with E-state index in [2.05, 4.69) is 6.92 Å². The number of likely N-dealkylation sites (N-methyl/N-ethyl adjacent to an activating group) is 1. The van der Waals surface area contributed by atoms with Gasteiger partial charge in [0.25, 0.3) is 0 Å². The molecule has 8 heteroatoms. The van der Waals surface area contributed by atoms with Gasteiger partial charge in [0.05, 0.1) is 30.6 Å². The minimum atomic E-state index is -1.20. The van der Waals surface area contributed by atoms with Crippen LogP contribution in [0.15, 0.2) is 24.3 Å². The van der Waals surface area contributed by atoms with E-state index in [4.69, 9.17) is 4.74 Å². The van der Waals surface area contributed by atoms with E-state index >= 15 is 0 Å². The molecule has 1 N–H and O–H groups in total. The van der Waals surface area contributed by atoms with Gasteiger partial charge in [0.2, 0.25) is 17.7 Å². The predicted molar refractivity (Wildman–Crippen MR) is 114 cm³/mol. The number of ether oxygens (including phenoxy) is 1. The lowest BCUT2D eigenvalue weighted by atomic mass is 9.77. The van der Waals surface area contributed by atoms with Crippen LogP contribution in [0.3, 0.4) is 0 Å². The first-order valence-corrected chi connectivity index (χ1v) is 11.4. The third-order valence-electron chi connectivity index (χ3n) is 7.24. The summed E-state index contributed by atoms with van der Waals surface area (Å²) in [7, 11) is 1.72. The average molecular weight is 432 g/mol. The molecule has 2 saturated heterocycles. The molecular formula is C23H33N3O5. The Morgan fingerprint density at radius 2 is 1.94 bits per heavy atom. The normalized spacial score (nSPS) is 35.7. The smallest absolute Gasteiger partial charge is 0.249 e. The summed E-state index contributed by atoms with van der Waals surface area (Å²) in [5, 5.41) is 10.0. The van der Waals surface area contributed by atoms with Crippen molar-refractivity contribution in [1.29, 1.82) is 0 Å². The number of nitrogens with zero attached hydrogens (tertiary/aromatic N) is 3. The number of hydrogen-bond donors (Lipinski definition) is 1. The van der Waals surface area contributed by atoms with Gasteiger partial charge in [-0.25, -0.2) is 0 Å². The van der Waals surface area contributed by atoms with Crippen molar-refractivity contribution in [2.75, 3.05) is 33.3 Å². The van der Waals surface area contributed by atoms with Gasteiger partial charge in [-0.15, -0.1) is 0 Å². The highest BCUT2D eigenvalue weighted by atomic mass is 16.5. The fourth-order valence-corrected chi connectivity index (χ4v) is 5.61. The van der Waals surface area contributed by atoms with Crippen LogP contribution in [-0.4, -0.2) is 94.6 Å². The Morgan fingerprint density at radius 3 is 2.61 bits per heavy atom. The second kappa shape index (κ2) is 8.39. The number of unbranched alkanes of at least 4 members (excludes halogenated alkanes) is 1. The summed E-state index contributed by atoms with van der Waals surface area (Å²) in [6.07, 6.45) is 9.27. The standard InChI is InChI=1S/C23H33N3O5/c1-4-6-12-25-13-8-10-23-18(17-16(31-23)9-7-11-24(3)20(17)28)21(29)26(15(5-2)14-27)19(23)22(25)30/h7-10,15-19,27H,4-6,11-14H2,1-3H3/t15-,16+,17-,18-,19?,23-/m0/s1. The number of likely N-dealkylation sites (tertiary alicyclic amines) is 1. The van der Waals surface area contributed by atoms with E-state index in [0.717, 1.165) is 12.8 Å². The van der Waals surface area contributed by atoms with Gasteiger partial charge in [-0.1, -0.05) is 44.6 Å². The van der Waals surface area contributed by atoms with Crippen LogP contribution >= 0.6 is 0 Å². The summed E-state index contributed by atoms with van der Waals surface area (Å²) >= 11 is 0. The van der Waals surface area contributed by atoms with Crippen molar-refractivity contribution in [2.45, 2.75) is 56.9 Å². The third-order valence-corrected chi connectivity index (χ3v) is 7.24. The van der Waals surface area contributed by atoms with Crippen LogP contribution < -0.4 is 0 Å². The first-order valence-electron chi connectivity index (χ1n) is 11.4. The number of carbonyl (C=O) groups is 3. The number of aliphatic hydroxyl groups is 1. The molecule has 4 rings (SSSR count). The second-order valence-electron chi connectivity index (χ2n) is 9.02. The maximum atomic E-state index is 13.8. The first kappa shape index (κ1) is 22.0. The Bertz CT molecular complexity index is 807. The highest BCUT2D eigenvalue weighted by Gasteiger charge is 2.72. The zero-order chi connectivity index (χ0) is 22.3. The van der Waals surface area contributed by atoms with E-state index in [1.807, 2.05) is 31.2 Å². The molecular weight excluding hydrogens is 398 g/mol. The fourth-order valence-electron chi connectivity index (χ4n) is 5.61. The molecule has 0 aliphatic carbocycles. The number of carbonyl (C=O) groups excluding carboxylic acids is 3. The largest absolute Gasteiger partial charge is 0.394 e. The van der Waals surface area contributed by atoms with Gasteiger partial charge in [-0.3, -0.25) is 14.4 Å². The van der Waals surface area contributed by atoms with E-state index < -0.39 is 35.6 Å². The maximum Gasteiger partial charge on any atom is 0.249 e.